The zero-order chi connectivity index (χ0) is 14.5. The summed E-state index contributed by atoms with van der Waals surface area (Å²) in [5.74, 6) is -0.191. The third-order valence-electron chi connectivity index (χ3n) is 2.74. The van der Waals surface area contributed by atoms with E-state index in [1.807, 2.05) is 6.92 Å². The summed E-state index contributed by atoms with van der Waals surface area (Å²) in [6.07, 6.45) is 1.79. The number of aromatic nitrogens is 2. The molecule has 1 heterocycles. The van der Waals surface area contributed by atoms with Gasteiger partial charge in [0, 0.05) is 17.8 Å². The lowest BCUT2D eigenvalue weighted by Crippen LogP contribution is -2.14. The van der Waals surface area contributed by atoms with Gasteiger partial charge in [-0.05, 0) is 12.5 Å². The number of aryl methyl sites for hydroxylation is 1. The number of carbonyl (C=O) groups is 1. The van der Waals surface area contributed by atoms with E-state index in [1.165, 1.54) is 18.2 Å². The molecule has 0 aliphatic rings. The van der Waals surface area contributed by atoms with Gasteiger partial charge in [0.15, 0.2) is 5.82 Å². The highest BCUT2D eigenvalue weighted by Crippen LogP contribution is 2.19. The minimum absolute atomic E-state index is 0.0116. The van der Waals surface area contributed by atoms with Crippen molar-refractivity contribution in [2.45, 2.75) is 19.8 Å². The Kier molecular flexibility index (Phi) is 4.09. The second kappa shape index (κ2) is 5.96. The molecule has 1 amide bonds. The minimum Gasteiger partial charge on any atom is -0.305 e. The van der Waals surface area contributed by atoms with Crippen molar-refractivity contribution >= 4 is 17.4 Å². The minimum atomic E-state index is -0.581. The second-order valence-corrected chi connectivity index (χ2v) is 4.26. The van der Waals surface area contributed by atoms with Crippen LogP contribution in [-0.4, -0.2) is 21.0 Å². The zero-order valence-electron chi connectivity index (χ0n) is 10.9. The number of nitrogens with zero attached hydrogens (tertiary/aromatic N) is 2. The molecule has 0 unspecified atom stereocenters. The van der Waals surface area contributed by atoms with Crippen LogP contribution < -0.4 is 5.32 Å². The summed E-state index contributed by atoms with van der Waals surface area (Å²) in [7, 11) is 0. The van der Waals surface area contributed by atoms with E-state index >= 15 is 0 Å². The molecule has 2 N–H and O–H groups in total. The summed E-state index contributed by atoms with van der Waals surface area (Å²) in [6.45, 7) is 2.03. The van der Waals surface area contributed by atoms with Crippen molar-refractivity contribution in [3.8, 4) is 0 Å². The predicted molar refractivity (Wildman–Crippen MR) is 73.6 cm³/mol. The van der Waals surface area contributed by atoms with E-state index in [0.717, 1.165) is 18.5 Å². The SMILES string of the molecule is CCCc1cc(NC(=O)c2ccccc2[N+](=O)[O-])n[nH]1. The fourth-order valence-corrected chi connectivity index (χ4v) is 1.83. The number of carbonyl (C=O) groups excluding carboxylic acids is 1. The number of nitro benzene ring substituents is 1. The molecule has 2 rings (SSSR count). The number of benzene rings is 1. The van der Waals surface area contributed by atoms with E-state index in [0.29, 0.717) is 5.82 Å². The molecular formula is C13H14N4O3. The number of amides is 1. The standard InChI is InChI=1S/C13H14N4O3/c1-2-5-9-8-12(16-15-9)14-13(18)10-6-3-4-7-11(10)17(19)20/h3-4,6-8H,2,5H2,1H3,(H2,14,15,16,18). The van der Waals surface area contributed by atoms with Gasteiger partial charge in [0.25, 0.3) is 11.6 Å². The third kappa shape index (κ3) is 3.00. The number of nitrogens with one attached hydrogen (secondary N) is 2. The monoisotopic (exact) mass is 274 g/mol. The van der Waals surface area contributed by atoms with Gasteiger partial charge in [0.2, 0.25) is 0 Å². The van der Waals surface area contributed by atoms with Crippen LogP contribution in [0.3, 0.4) is 0 Å². The largest absolute Gasteiger partial charge is 0.305 e. The van der Waals surface area contributed by atoms with Gasteiger partial charge < -0.3 is 5.32 Å². The average Bonchev–Trinajstić information content (AvgIpc) is 2.86. The van der Waals surface area contributed by atoms with Crippen LogP contribution in [0.25, 0.3) is 0 Å². The quantitative estimate of drug-likeness (QED) is 0.646. The zero-order valence-corrected chi connectivity index (χ0v) is 10.9. The van der Waals surface area contributed by atoms with Crippen LogP contribution in [-0.2, 0) is 6.42 Å². The number of H-pyrrole nitrogens is 1. The Morgan fingerprint density at radius 1 is 1.45 bits per heavy atom. The highest BCUT2D eigenvalue weighted by molar-refractivity contribution is 6.06. The van der Waals surface area contributed by atoms with Gasteiger partial charge in [0.1, 0.15) is 5.56 Å². The van der Waals surface area contributed by atoms with E-state index in [2.05, 4.69) is 15.5 Å². The van der Waals surface area contributed by atoms with E-state index in [1.54, 1.807) is 12.1 Å². The van der Waals surface area contributed by atoms with Crippen LogP contribution in [0.4, 0.5) is 11.5 Å². The summed E-state index contributed by atoms with van der Waals surface area (Å²) in [4.78, 5) is 22.3. The lowest BCUT2D eigenvalue weighted by Gasteiger charge is -2.02. The first-order valence-electron chi connectivity index (χ1n) is 6.21. The van der Waals surface area contributed by atoms with E-state index in [9.17, 15) is 14.9 Å². The van der Waals surface area contributed by atoms with Gasteiger partial charge >= 0.3 is 0 Å². The molecule has 0 saturated heterocycles. The number of rotatable bonds is 5. The van der Waals surface area contributed by atoms with Crippen molar-refractivity contribution < 1.29 is 9.72 Å². The van der Waals surface area contributed by atoms with Crippen LogP contribution in [0.1, 0.15) is 29.4 Å². The maximum atomic E-state index is 12.0. The number of hydrogen-bond acceptors (Lipinski definition) is 4. The van der Waals surface area contributed by atoms with Crippen LogP contribution in [0, 0.1) is 10.1 Å². The average molecular weight is 274 g/mol. The molecule has 0 atom stereocenters. The van der Waals surface area contributed by atoms with Crippen LogP contribution in [0.15, 0.2) is 30.3 Å². The topological polar surface area (TPSA) is 101 Å². The summed E-state index contributed by atoms with van der Waals surface area (Å²) in [6, 6.07) is 7.52. The highest BCUT2D eigenvalue weighted by atomic mass is 16.6. The van der Waals surface area contributed by atoms with E-state index in [-0.39, 0.29) is 11.3 Å². The number of anilines is 1. The van der Waals surface area contributed by atoms with Crippen molar-refractivity contribution in [2.24, 2.45) is 0 Å². The van der Waals surface area contributed by atoms with Crippen LogP contribution in [0.5, 0.6) is 0 Å². The van der Waals surface area contributed by atoms with Gasteiger partial charge in [-0.2, -0.15) is 5.10 Å². The Labute approximate surface area is 115 Å². The van der Waals surface area contributed by atoms with Crippen LogP contribution >= 0.6 is 0 Å². The number of hydrogen-bond donors (Lipinski definition) is 2. The first kappa shape index (κ1) is 13.7. The highest BCUT2D eigenvalue weighted by Gasteiger charge is 2.19. The maximum absolute atomic E-state index is 12.0. The molecule has 7 heteroatoms. The van der Waals surface area contributed by atoms with Gasteiger partial charge in [-0.15, -0.1) is 0 Å². The molecule has 7 nitrogen and oxygen atoms in total. The first-order chi connectivity index (χ1) is 9.61. The van der Waals surface area contributed by atoms with Crippen molar-refractivity contribution in [1.29, 1.82) is 0 Å². The molecule has 2 aromatic rings. The Morgan fingerprint density at radius 2 is 2.20 bits per heavy atom. The van der Waals surface area contributed by atoms with Gasteiger partial charge in [-0.3, -0.25) is 20.0 Å². The third-order valence-corrected chi connectivity index (χ3v) is 2.74. The number of para-hydroxylation sites is 1. The van der Waals surface area contributed by atoms with Crippen molar-refractivity contribution in [3.63, 3.8) is 0 Å². The number of aromatic amines is 1. The smallest absolute Gasteiger partial charge is 0.282 e. The summed E-state index contributed by atoms with van der Waals surface area (Å²) < 4.78 is 0. The normalized spacial score (nSPS) is 10.2. The first-order valence-corrected chi connectivity index (χ1v) is 6.21. The van der Waals surface area contributed by atoms with E-state index < -0.39 is 10.8 Å². The van der Waals surface area contributed by atoms with Crippen molar-refractivity contribution in [2.75, 3.05) is 5.32 Å². The molecule has 0 fully saturated rings. The Morgan fingerprint density at radius 3 is 2.90 bits per heavy atom. The van der Waals surface area contributed by atoms with Gasteiger partial charge in [-0.1, -0.05) is 25.5 Å². The van der Waals surface area contributed by atoms with Crippen molar-refractivity contribution in [3.05, 3.63) is 51.7 Å². The maximum Gasteiger partial charge on any atom is 0.282 e. The molecule has 20 heavy (non-hydrogen) atoms. The molecule has 0 spiro atoms. The molecule has 1 aromatic heterocycles. The Balaban J connectivity index is 2.17. The van der Waals surface area contributed by atoms with Crippen molar-refractivity contribution in [1.82, 2.24) is 10.2 Å². The molecule has 1 aromatic carbocycles. The van der Waals surface area contributed by atoms with Crippen LogP contribution in [0.2, 0.25) is 0 Å². The molecule has 0 saturated carbocycles. The predicted octanol–water partition coefficient (Wildman–Crippen LogP) is 2.52. The molecule has 0 radical (unpaired) electrons. The number of nitro groups is 1. The summed E-state index contributed by atoms with van der Waals surface area (Å²) in [5, 5.41) is 20.2. The molecule has 0 aliphatic carbocycles. The summed E-state index contributed by atoms with van der Waals surface area (Å²) in [5.41, 5.74) is 0.692. The van der Waals surface area contributed by atoms with E-state index in [4.69, 9.17) is 0 Å². The fourth-order valence-electron chi connectivity index (χ4n) is 1.83. The Bertz CT molecular complexity index is 636. The second-order valence-electron chi connectivity index (χ2n) is 4.26. The molecule has 104 valence electrons. The molecular weight excluding hydrogens is 260 g/mol. The lowest BCUT2D eigenvalue weighted by atomic mass is 10.1. The summed E-state index contributed by atoms with van der Waals surface area (Å²) >= 11 is 0. The Hall–Kier alpha value is -2.70. The van der Waals surface area contributed by atoms with Gasteiger partial charge in [-0.25, -0.2) is 0 Å². The lowest BCUT2D eigenvalue weighted by molar-refractivity contribution is -0.385. The molecule has 0 bridgehead atoms. The van der Waals surface area contributed by atoms with Gasteiger partial charge in [0.05, 0.1) is 4.92 Å². The molecule has 0 aliphatic heterocycles. The fraction of sp³-hybridized carbons (Fsp3) is 0.231.